The first-order valence-corrected chi connectivity index (χ1v) is 5.67. The molecule has 0 saturated carbocycles. The van der Waals surface area contributed by atoms with E-state index in [0.717, 1.165) is 19.5 Å². The SMILES string of the molecule is CC1CN(c2c([N+](=O)[O-])ncn2C)CCC1N. The second-order valence-electron chi connectivity index (χ2n) is 4.64. The Hall–Kier alpha value is -1.63. The van der Waals surface area contributed by atoms with E-state index < -0.39 is 4.92 Å². The topological polar surface area (TPSA) is 90.2 Å². The summed E-state index contributed by atoms with van der Waals surface area (Å²) in [6.07, 6.45) is 2.33. The molecule has 0 radical (unpaired) electrons. The van der Waals surface area contributed by atoms with Gasteiger partial charge < -0.3 is 20.7 Å². The van der Waals surface area contributed by atoms with Gasteiger partial charge in [-0.05, 0) is 22.2 Å². The number of rotatable bonds is 2. The predicted molar refractivity (Wildman–Crippen MR) is 63.8 cm³/mol. The van der Waals surface area contributed by atoms with Gasteiger partial charge in [-0.2, -0.15) is 0 Å². The fourth-order valence-electron chi connectivity index (χ4n) is 2.26. The van der Waals surface area contributed by atoms with Crippen molar-refractivity contribution < 1.29 is 4.92 Å². The van der Waals surface area contributed by atoms with Crippen LogP contribution in [0.1, 0.15) is 13.3 Å². The Morgan fingerprint density at radius 3 is 2.94 bits per heavy atom. The highest BCUT2D eigenvalue weighted by Gasteiger charge is 2.30. The molecule has 1 aliphatic heterocycles. The van der Waals surface area contributed by atoms with Crippen molar-refractivity contribution in [2.75, 3.05) is 18.0 Å². The van der Waals surface area contributed by atoms with E-state index >= 15 is 0 Å². The van der Waals surface area contributed by atoms with Crippen molar-refractivity contribution in [3.05, 3.63) is 16.4 Å². The quantitative estimate of drug-likeness (QED) is 0.599. The van der Waals surface area contributed by atoms with Gasteiger partial charge in [-0.3, -0.25) is 4.57 Å². The summed E-state index contributed by atoms with van der Waals surface area (Å²) < 4.78 is 1.70. The van der Waals surface area contributed by atoms with E-state index in [1.54, 1.807) is 11.6 Å². The van der Waals surface area contributed by atoms with Crippen molar-refractivity contribution >= 4 is 11.6 Å². The molecule has 1 aromatic rings. The van der Waals surface area contributed by atoms with Crippen LogP contribution >= 0.6 is 0 Å². The first kappa shape index (κ1) is 11.8. The van der Waals surface area contributed by atoms with Crippen LogP contribution in [-0.4, -0.2) is 33.6 Å². The highest BCUT2D eigenvalue weighted by Crippen LogP contribution is 2.29. The minimum Gasteiger partial charge on any atom is -0.358 e. The Labute approximate surface area is 99.4 Å². The zero-order valence-corrected chi connectivity index (χ0v) is 10.0. The van der Waals surface area contributed by atoms with Gasteiger partial charge in [-0.1, -0.05) is 6.92 Å². The maximum atomic E-state index is 10.9. The molecule has 2 atom stereocenters. The molecule has 2 N–H and O–H groups in total. The van der Waals surface area contributed by atoms with E-state index in [-0.39, 0.29) is 11.9 Å². The maximum absolute atomic E-state index is 10.9. The second kappa shape index (κ2) is 4.33. The molecular weight excluding hydrogens is 222 g/mol. The van der Waals surface area contributed by atoms with Crippen LogP contribution in [0.3, 0.4) is 0 Å². The maximum Gasteiger partial charge on any atom is 0.406 e. The molecule has 1 aromatic heterocycles. The summed E-state index contributed by atoms with van der Waals surface area (Å²) in [5.74, 6) is 0.835. The Morgan fingerprint density at radius 1 is 1.65 bits per heavy atom. The molecule has 0 bridgehead atoms. The number of aromatic nitrogens is 2. The van der Waals surface area contributed by atoms with Gasteiger partial charge in [-0.15, -0.1) is 0 Å². The largest absolute Gasteiger partial charge is 0.406 e. The smallest absolute Gasteiger partial charge is 0.358 e. The van der Waals surface area contributed by atoms with Gasteiger partial charge in [0.2, 0.25) is 12.1 Å². The lowest BCUT2D eigenvalue weighted by Gasteiger charge is -2.35. The Kier molecular flexibility index (Phi) is 3.01. The molecule has 1 aliphatic rings. The fraction of sp³-hybridized carbons (Fsp3) is 0.700. The van der Waals surface area contributed by atoms with Crippen LogP contribution in [0.4, 0.5) is 11.6 Å². The average molecular weight is 239 g/mol. The van der Waals surface area contributed by atoms with Crippen molar-refractivity contribution in [2.24, 2.45) is 18.7 Å². The van der Waals surface area contributed by atoms with Gasteiger partial charge in [0.05, 0.1) is 0 Å². The fourth-order valence-corrected chi connectivity index (χ4v) is 2.26. The number of hydrogen-bond donors (Lipinski definition) is 1. The van der Waals surface area contributed by atoms with Crippen LogP contribution in [-0.2, 0) is 7.05 Å². The van der Waals surface area contributed by atoms with E-state index in [1.807, 2.05) is 4.90 Å². The number of piperidine rings is 1. The van der Waals surface area contributed by atoms with Gasteiger partial charge in [0.25, 0.3) is 0 Å². The van der Waals surface area contributed by atoms with Crippen LogP contribution in [0.5, 0.6) is 0 Å². The van der Waals surface area contributed by atoms with Gasteiger partial charge in [-0.25, -0.2) is 0 Å². The number of nitro groups is 1. The molecule has 2 rings (SSSR count). The first-order valence-electron chi connectivity index (χ1n) is 5.67. The van der Waals surface area contributed by atoms with E-state index in [0.29, 0.717) is 11.7 Å². The Morgan fingerprint density at radius 2 is 2.35 bits per heavy atom. The van der Waals surface area contributed by atoms with Crippen LogP contribution in [0.25, 0.3) is 0 Å². The van der Waals surface area contributed by atoms with Crippen LogP contribution in [0.2, 0.25) is 0 Å². The number of nitrogens with zero attached hydrogens (tertiary/aromatic N) is 4. The molecule has 0 spiro atoms. The summed E-state index contributed by atoms with van der Waals surface area (Å²) in [6.45, 7) is 3.55. The van der Waals surface area contributed by atoms with Crippen molar-refractivity contribution in [2.45, 2.75) is 19.4 Å². The molecule has 0 aromatic carbocycles. The minimum atomic E-state index is -0.436. The molecule has 0 aliphatic carbocycles. The van der Waals surface area contributed by atoms with Gasteiger partial charge >= 0.3 is 5.82 Å². The number of anilines is 1. The third-order valence-electron chi connectivity index (χ3n) is 3.33. The van der Waals surface area contributed by atoms with Crippen LogP contribution in [0, 0.1) is 16.0 Å². The van der Waals surface area contributed by atoms with Gasteiger partial charge in [0, 0.05) is 26.2 Å². The summed E-state index contributed by atoms with van der Waals surface area (Å²) in [6, 6.07) is 0.179. The van der Waals surface area contributed by atoms with Crippen molar-refractivity contribution in [3.8, 4) is 0 Å². The summed E-state index contributed by atoms with van der Waals surface area (Å²) >= 11 is 0. The minimum absolute atomic E-state index is 0.0739. The number of aryl methyl sites for hydroxylation is 1. The highest BCUT2D eigenvalue weighted by molar-refractivity contribution is 5.55. The zero-order valence-electron chi connectivity index (χ0n) is 10.0. The van der Waals surface area contributed by atoms with E-state index in [1.165, 1.54) is 6.33 Å². The normalized spacial score (nSPS) is 25.0. The van der Waals surface area contributed by atoms with E-state index in [2.05, 4.69) is 11.9 Å². The lowest BCUT2D eigenvalue weighted by molar-refractivity contribution is -0.388. The standard InChI is InChI=1S/C10H17N5O2/c1-7-5-14(4-3-8(7)11)10-9(15(16)17)12-6-13(10)2/h6-8H,3-5,11H2,1-2H3. The lowest BCUT2D eigenvalue weighted by atomic mass is 9.95. The number of hydrogen-bond acceptors (Lipinski definition) is 5. The van der Waals surface area contributed by atoms with Crippen molar-refractivity contribution in [1.29, 1.82) is 0 Å². The molecule has 2 unspecified atom stereocenters. The summed E-state index contributed by atoms with van der Waals surface area (Å²) in [7, 11) is 1.77. The molecular formula is C10H17N5O2. The number of nitrogens with two attached hydrogens (primary N) is 1. The predicted octanol–water partition coefficient (Wildman–Crippen LogP) is 0.502. The Balaban J connectivity index is 2.28. The highest BCUT2D eigenvalue weighted by atomic mass is 16.6. The lowest BCUT2D eigenvalue weighted by Crippen LogP contribution is -2.46. The second-order valence-corrected chi connectivity index (χ2v) is 4.64. The summed E-state index contributed by atoms with van der Waals surface area (Å²) in [5, 5.41) is 10.9. The third kappa shape index (κ3) is 2.10. The van der Waals surface area contributed by atoms with Crippen LogP contribution in [0.15, 0.2) is 6.33 Å². The molecule has 17 heavy (non-hydrogen) atoms. The first-order chi connectivity index (χ1) is 8.00. The Bertz CT molecular complexity index is 430. The van der Waals surface area contributed by atoms with Crippen LogP contribution < -0.4 is 10.6 Å². The molecule has 1 fully saturated rings. The average Bonchev–Trinajstić information content (AvgIpc) is 2.64. The zero-order chi connectivity index (χ0) is 12.6. The molecule has 0 amide bonds. The van der Waals surface area contributed by atoms with E-state index in [4.69, 9.17) is 5.73 Å². The van der Waals surface area contributed by atoms with Crippen molar-refractivity contribution in [1.82, 2.24) is 9.55 Å². The summed E-state index contributed by atoms with van der Waals surface area (Å²) in [4.78, 5) is 16.3. The van der Waals surface area contributed by atoms with Gasteiger partial charge in [0.15, 0.2) is 0 Å². The van der Waals surface area contributed by atoms with Crippen molar-refractivity contribution in [3.63, 3.8) is 0 Å². The van der Waals surface area contributed by atoms with Gasteiger partial charge in [0.1, 0.15) is 0 Å². The molecule has 94 valence electrons. The number of imidazole rings is 1. The summed E-state index contributed by atoms with van der Waals surface area (Å²) in [5.41, 5.74) is 5.95. The molecule has 1 saturated heterocycles. The molecule has 7 heteroatoms. The van der Waals surface area contributed by atoms with E-state index in [9.17, 15) is 10.1 Å². The molecule has 7 nitrogen and oxygen atoms in total. The molecule has 2 heterocycles. The monoisotopic (exact) mass is 239 g/mol. The third-order valence-corrected chi connectivity index (χ3v) is 3.33.